The van der Waals surface area contributed by atoms with E-state index in [9.17, 15) is 9.59 Å². The molecule has 0 radical (unpaired) electrons. The number of allylic oxidation sites excluding steroid dienone is 1. The van der Waals surface area contributed by atoms with Gasteiger partial charge >= 0.3 is 11.9 Å². The maximum absolute atomic E-state index is 12.2. The van der Waals surface area contributed by atoms with E-state index >= 15 is 0 Å². The molecule has 0 N–H and O–H groups in total. The number of pyridine rings is 1. The number of hydrogen-bond acceptors (Lipinski definition) is 6. The minimum atomic E-state index is -0.443. The van der Waals surface area contributed by atoms with Crippen molar-refractivity contribution in [3.63, 3.8) is 0 Å². The van der Waals surface area contributed by atoms with E-state index in [4.69, 9.17) is 25.8 Å². The molecule has 28 heavy (non-hydrogen) atoms. The highest BCUT2D eigenvalue weighted by atomic mass is 35.5. The summed E-state index contributed by atoms with van der Waals surface area (Å²) >= 11 is 5.75. The summed E-state index contributed by atoms with van der Waals surface area (Å²) in [5.74, 6) is -0.849. The van der Waals surface area contributed by atoms with Crippen molar-refractivity contribution in [3.05, 3.63) is 52.8 Å². The summed E-state index contributed by atoms with van der Waals surface area (Å²) in [6.07, 6.45) is 6.21. The molecule has 3 heterocycles. The molecule has 0 aromatic carbocycles. The van der Waals surface area contributed by atoms with Crippen LogP contribution in [-0.2, 0) is 19.0 Å². The minimum absolute atomic E-state index is 0.0640. The average Bonchev–Trinajstić information content (AvgIpc) is 3.26. The lowest BCUT2D eigenvalue weighted by Crippen LogP contribution is -2.29. The summed E-state index contributed by atoms with van der Waals surface area (Å²) in [5, 5.41) is 0.323. The van der Waals surface area contributed by atoms with Crippen LogP contribution < -0.4 is 0 Å². The summed E-state index contributed by atoms with van der Waals surface area (Å²) in [6, 6.07) is 3.14. The molecule has 0 unspecified atom stereocenters. The van der Waals surface area contributed by atoms with E-state index < -0.39 is 5.97 Å². The fourth-order valence-corrected chi connectivity index (χ4v) is 4.10. The van der Waals surface area contributed by atoms with Crippen molar-refractivity contribution in [2.75, 3.05) is 6.61 Å². The van der Waals surface area contributed by atoms with E-state index in [0.29, 0.717) is 29.1 Å². The Morgan fingerprint density at radius 3 is 3.04 bits per heavy atom. The van der Waals surface area contributed by atoms with Gasteiger partial charge in [-0.25, -0.2) is 14.6 Å². The Hall–Kier alpha value is -2.18. The van der Waals surface area contributed by atoms with Gasteiger partial charge in [0.05, 0.1) is 11.2 Å². The molecule has 7 heteroatoms. The Bertz CT molecular complexity index is 849. The minimum Gasteiger partial charge on any atom is -0.458 e. The Balaban J connectivity index is 1.43. The zero-order valence-corrected chi connectivity index (χ0v) is 16.4. The lowest BCUT2D eigenvalue weighted by atomic mass is 9.84. The van der Waals surface area contributed by atoms with Gasteiger partial charge < -0.3 is 14.2 Å². The van der Waals surface area contributed by atoms with Gasteiger partial charge in [0.2, 0.25) is 0 Å². The fourth-order valence-electron chi connectivity index (χ4n) is 3.99. The SMILES string of the molecule is C=C1C(=O)O[C@H]2[C@H]1CCC(COC(=O)c1ccc(Cl)nc1)=CCC[C@@]1(C)O[C@@H]21. The highest BCUT2D eigenvalue weighted by molar-refractivity contribution is 6.29. The van der Waals surface area contributed by atoms with Gasteiger partial charge in [-0.05, 0) is 50.3 Å². The number of halogens is 1. The lowest BCUT2D eigenvalue weighted by molar-refractivity contribution is -0.140. The summed E-state index contributed by atoms with van der Waals surface area (Å²) < 4.78 is 16.9. The second-order valence-corrected chi connectivity index (χ2v) is 8.13. The van der Waals surface area contributed by atoms with Gasteiger partial charge in [-0.15, -0.1) is 0 Å². The molecule has 6 nitrogen and oxygen atoms in total. The number of aromatic nitrogens is 1. The third-order valence-electron chi connectivity index (χ3n) is 5.79. The maximum Gasteiger partial charge on any atom is 0.340 e. The molecule has 3 aliphatic rings. The smallest absolute Gasteiger partial charge is 0.340 e. The summed E-state index contributed by atoms with van der Waals surface area (Å²) in [4.78, 5) is 28.1. The third-order valence-corrected chi connectivity index (χ3v) is 6.01. The Morgan fingerprint density at radius 1 is 1.46 bits per heavy atom. The normalized spacial score (nSPS) is 31.9. The van der Waals surface area contributed by atoms with Gasteiger partial charge in [-0.2, -0.15) is 0 Å². The van der Waals surface area contributed by atoms with Crippen molar-refractivity contribution in [2.45, 2.75) is 50.4 Å². The topological polar surface area (TPSA) is 78.0 Å². The predicted octanol–water partition coefficient (Wildman–Crippen LogP) is 3.65. The number of carbonyl (C=O) groups is 2. The summed E-state index contributed by atoms with van der Waals surface area (Å²) in [6.45, 7) is 6.16. The van der Waals surface area contributed by atoms with E-state index in [2.05, 4.69) is 17.6 Å². The number of carbonyl (C=O) groups excluding carboxylic acids is 2. The number of ether oxygens (including phenoxy) is 3. The van der Waals surface area contributed by atoms with E-state index in [-0.39, 0.29) is 36.3 Å². The molecular formula is C21H22ClNO5. The number of epoxide rings is 1. The first-order chi connectivity index (χ1) is 13.4. The van der Waals surface area contributed by atoms with Crippen molar-refractivity contribution in [3.8, 4) is 0 Å². The fraction of sp³-hybridized carbons (Fsp3) is 0.476. The molecule has 0 bridgehead atoms. The molecule has 0 amide bonds. The van der Waals surface area contributed by atoms with Gasteiger partial charge in [0.1, 0.15) is 24.0 Å². The van der Waals surface area contributed by atoms with Gasteiger partial charge in [-0.1, -0.05) is 24.3 Å². The van der Waals surface area contributed by atoms with E-state index in [1.54, 1.807) is 12.1 Å². The number of rotatable bonds is 3. The first-order valence-corrected chi connectivity index (χ1v) is 9.79. The number of hydrogen-bond donors (Lipinski definition) is 0. The van der Waals surface area contributed by atoms with Crippen LogP contribution in [0.2, 0.25) is 5.15 Å². The number of nitrogens with zero attached hydrogens (tertiary/aromatic N) is 1. The van der Waals surface area contributed by atoms with Crippen molar-refractivity contribution in [2.24, 2.45) is 5.92 Å². The van der Waals surface area contributed by atoms with Gasteiger partial charge in [0, 0.05) is 17.7 Å². The van der Waals surface area contributed by atoms with Crippen LogP contribution in [0, 0.1) is 5.92 Å². The zero-order valence-electron chi connectivity index (χ0n) is 15.7. The van der Waals surface area contributed by atoms with Crippen LogP contribution in [-0.4, -0.2) is 41.3 Å². The molecule has 2 fully saturated rings. The van der Waals surface area contributed by atoms with Crippen LogP contribution >= 0.6 is 11.6 Å². The number of esters is 2. The molecular weight excluding hydrogens is 382 g/mol. The van der Waals surface area contributed by atoms with Crippen molar-refractivity contribution >= 4 is 23.5 Å². The Labute approximate surface area is 168 Å². The highest BCUT2D eigenvalue weighted by Crippen LogP contribution is 2.49. The van der Waals surface area contributed by atoms with Gasteiger partial charge in [0.15, 0.2) is 0 Å². The molecule has 1 aromatic heterocycles. The molecule has 2 aliphatic heterocycles. The first-order valence-electron chi connectivity index (χ1n) is 9.41. The van der Waals surface area contributed by atoms with Crippen LogP contribution in [0.15, 0.2) is 42.1 Å². The second-order valence-electron chi connectivity index (χ2n) is 7.74. The molecule has 0 spiro atoms. The predicted molar refractivity (Wildman–Crippen MR) is 102 cm³/mol. The average molecular weight is 404 g/mol. The van der Waals surface area contributed by atoms with Crippen molar-refractivity contribution < 1.29 is 23.8 Å². The van der Waals surface area contributed by atoms with Gasteiger partial charge in [-0.3, -0.25) is 0 Å². The first kappa shape index (κ1) is 19.2. The van der Waals surface area contributed by atoms with Crippen LogP contribution in [0.5, 0.6) is 0 Å². The van der Waals surface area contributed by atoms with Gasteiger partial charge in [0.25, 0.3) is 0 Å². The van der Waals surface area contributed by atoms with Crippen LogP contribution in [0.4, 0.5) is 0 Å². The lowest BCUT2D eigenvalue weighted by Gasteiger charge is -2.20. The van der Waals surface area contributed by atoms with Crippen LogP contribution in [0.1, 0.15) is 43.0 Å². The second kappa shape index (κ2) is 7.33. The quantitative estimate of drug-likeness (QED) is 0.252. The van der Waals surface area contributed by atoms with E-state index in [1.807, 2.05) is 6.92 Å². The largest absolute Gasteiger partial charge is 0.458 e. The molecule has 0 saturated carbocycles. The molecule has 4 atom stereocenters. The Morgan fingerprint density at radius 2 is 2.29 bits per heavy atom. The highest BCUT2D eigenvalue weighted by Gasteiger charge is 2.61. The van der Waals surface area contributed by atoms with E-state index in [1.165, 1.54) is 6.20 Å². The molecule has 148 valence electrons. The zero-order chi connectivity index (χ0) is 19.9. The Kier molecular flexibility index (Phi) is 5.02. The third kappa shape index (κ3) is 3.71. The van der Waals surface area contributed by atoms with Crippen molar-refractivity contribution in [1.82, 2.24) is 4.98 Å². The molecule has 2 saturated heterocycles. The van der Waals surface area contributed by atoms with E-state index in [0.717, 1.165) is 18.4 Å². The molecule has 1 aromatic rings. The maximum atomic E-state index is 12.2. The van der Waals surface area contributed by atoms with Crippen LogP contribution in [0.3, 0.4) is 0 Å². The molecule has 1 aliphatic carbocycles. The number of fused-ring (bicyclic) bond motifs is 3. The van der Waals surface area contributed by atoms with Crippen molar-refractivity contribution in [1.29, 1.82) is 0 Å². The summed E-state index contributed by atoms with van der Waals surface area (Å²) in [7, 11) is 0. The van der Waals surface area contributed by atoms with Crippen LogP contribution in [0.25, 0.3) is 0 Å². The monoisotopic (exact) mass is 403 g/mol. The molecule has 4 rings (SSSR count). The standard InChI is InChI=1S/C21H22ClNO5/c1-12-15-7-5-13(11-26-20(25)14-6-8-16(22)23-10-14)4-3-9-21(2)18(28-21)17(15)27-19(12)24/h4,6,8,10,15,17-18H,1,3,5,7,9,11H2,2H3/t15-,17-,18-,21+/m0/s1. The summed E-state index contributed by atoms with van der Waals surface area (Å²) in [5.41, 5.74) is 1.60.